The van der Waals surface area contributed by atoms with Crippen molar-refractivity contribution in [1.29, 1.82) is 0 Å². The first kappa shape index (κ1) is 18.9. The van der Waals surface area contributed by atoms with Gasteiger partial charge in [0.1, 0.15) is 11.3 Å². The van der Waals surface area contributed by atoms with Crippen LogP contribution >= 0.6 is 0 Å². The molecule has 1 aromatic heterocycles. The number of nitrogens with one attached hydrogen (secondary N) is 1. The minimum Gasteiger partial charge on any atom is -0.426 e. The van der Waals surface area contributed by atoms with E-state index in [1.165, 1.54) is 24.3 Å². The van der Waals surface area contributed by atoms with Gasteiger partial charge in [-0.2, -0.15) is 4.73 Å². The summed E-state index contributed by atoms with van der Waals surface area (Å²) in [5.41, 5.74) is 8.42. The van der Waals surface area contributed by atoms with Crippen molar-refractivity contribution in [3.63, 3.8) is 0 Å². The number of imidazole rings is 1. The molecule has 0 saturated carbocycles. The van der Waals surface area contributed by atoms with Crippen molar-refractivity contribution in [2.75, 3.05) is 5.32 Å². The number of halogens is 1. The standard InChI is InChI=1S/C21H16FN5O3/c22-15-6-1-13(2-7-15)21(28)24-16-8-3-12(4-9-16)20-25-17-10-5-14(19(23)26-29)11-18(17)27(20)30/h1-11,29-30H,(H2,23,26)(H,24,28). The zero-order valence-corrected chi connectivity index (χ0v) is 15.5. The Labute approximate surface area is 169 Å². The zero-order chi connectivity index (χ0) is 21.3. The topological polar surface area (TPSA) is 126 Å². The van der Waals surface area contributed by atoms with Crippen molar-refractivity contribution in [2.45, 2.75) is 0 Å². The molecule has 0 saturated heterocycles. The van der Waals surface area contributed by atoms with Crippen molar-refractivity contribution < 1.29 is 19.6 Å². The first-order valence-electron chi connectivity index (χ1n) is 8.83. The molecule has 8 nitrogen and oxygen atoms in total. The molecule has 0 fully saturated rings. The Morgan fingerprint density at radius 3 is 2.37 bits per heavy atom. The van der Waals surface area contributed by atoms with Crippen molar-refractivity contribution >= 4 is 28.5 Å². The van der Waals surface area contributed by atoms with Gasteiger partial charge in [-0.25, -0.2) is 9.37 Å². The van der Waals surface area contributed by atoms with E-state index in [0.717, 1.165) is 4.73 Å². The number of nitrogens with two attached hydrogens (primary N) is 1. The Morgan fingerprint density at radius 2 is 1.70 bits per heavy atom. The number of hydrogen-bond donors (Lipinski definition) is 4. The first-order valence-corrected chi connectivity index (χ1v) is 8.83. The molecule has 4 aromatic rings. The highest BCUT2D eigenvalue weighted by Gasteiger charge is 2.14. The van der Waals surface area contributed by atoms with E-state index in [4.69, 9.17) is 10.9 Å². The molecule has 0 aliphatic heterocycles. The van der Waals surface area contributed by atoms with Crippen molar-refractivity contribution in [2.24, 2.45) is 10.9 Å². The van der Waals surface area contributed by atoms with Crippen LogP contribution in [-0.2, 0) is 0 Å². The summed E-state index contributed by atoms with van der Waals surface area (Å²) >= 11 is 0. The van der Waals surface area contributed by atoms with Crippen molar-refractivity contribution in [1.82, 2.24) is 9.71 Å². The molecule has 0 radical (unpaired) electrons. The molecule has 0 atom stereocenters. The highest BCUT2D eigenvalue weighted by molar-refractivity contribution is 6.04. The Balaban J connectivity index is 1.59. The second-order valence-electron chi connectivity index (χ2n) is 6.47. The van der Waals surface area contributed by atoms with E-state index in [0.29, 0.717) is 33.4 Å². The number of fused-ring (bicyclic) bond motifs is 1. The molecule has 1 heterocycles. The largest absolute Gasteiger partial charge is 0.426 e. The van der Waals surface area contributed by atoms with Crippen LogP contribution in [0.15, 0.2) is 71.9 Å². The third-order valence-corrected chi connectivity index (χ3v) is 4.54. The van der Waals surface area contributed by atoms with Crippen LogP contribution in [-0.4, -0.2) is 31.9 Å². The average molecular weight is 405 g/mol. The number of nitrogens with zero attached hydrogens (tertiary/aromatic N) is 3. The van der Waals surface area contributed by atoms with Crippen LogP contribution in [0.4, 0.5) is 10.1 Å². The second-order valence-corrected chi connectivity index (χ2v) is 6.47. The number of carbonyl (C=O) groups excluding carboxylic acids is 1. The van der Waals surface area contributed by atoms with Gasteiger partial charge in [-0.15, -0.1) is 0 Å². The van der Waals surface area contributed by atoms with Gasteiger partial charge in [-0.1, -0.05) is 5.16 Å². The molecule has 30 heavy (non-hydrogen) atoms. The molecule has 0 bridgehead atoms. The maximum absolute atomic E-state index is 13.0. The predicted octanol–water partition coefficient (Wildman–Crippen LogP) is 3.43. The lowest BCUT2D eigenvalue weighted by Crippen LogP contribution is -2.12. The summed E-state index contributed by atoms with van der Waals surface area (Å²) in [4.78, 5) is 16.6. The summed E-state index contributed by atoms with van der Waals surface area (Å²) in [6.07, 6.45) is 0. The molecule has 5 N–H and O–H groups in total. The van der Waals surface area contributed by atoms with E-state index in [9.17, 15) is 14.4 Å². The van der Waals surface area contributed by atoms with Gasteiger partial charge in [-0.05, 0) is 66.7 Å². The molecule has 0 spiro atoms. The van der Waals surface area contributed by atoms with Gasteiger partial charge in [0.15, 0.2) is 11.7 Å². The number of rotatable bonds is 4. The number of anilines is 1. The van der Waals surface area contributed by atoms with E-state index in [1.54, 1.807) is 42.5 Å². The SMILES string of the molecule is N/C(=N/O)c1ccc2nc(-c3ccc(NC(=O)c4ccc(F)cc4)cc3)n(O)c2c1. The van der Waals surface area contributed by atoms with Crippen LogP contribution in [0.1, 0.15) is 15.9 Å². The average Bonchev–Trinajstić information content (AvgIpc) is 3.10. The lowest BCUT2D eigenvalue weighted by atomic mass is 10.1. The fourth-order valence-corrected chi connectivity index (χ4v) is 2.97. The van der Waals surface area contributed by atoms with Gasteiger partial charge in [0, 0.05) is 22.4 Å². The summed E-state index contributed by atoms with van der Waals surface area (Å²) in [6.45, 7) is 0. The molecular formula is C21H16FN5O3. The minimum absolute atomic E-state index is 0.0825. The summed E-state index contributed by atoms with van der Waals surface area (Å²) in [7, 11) is 0. The van der Waals surface area contributed by atoms with Crippen LogP contribution in [0.2, 0.25) is 0 Å². The predicted molar refractivity (Wildman–Crippen MR) is 109 cm³/mol. The fraction of sp³-hybridized carbons (Fsp3) is 0. The van der Waals surface area contributed by atoms with E-state index in [1.807, 2.05) is 0 Å². The highest BCUT2D eigenvalue weighted by atomic mass is 19.1. The van der Waals surface area contributed by atoms with Crippen molar-refractivity contribution in [3.05, 3.63) is 83.7 Å². The molecule has 3 aromatic carbocycles. The highest BCUT2D eigenvalue weighted by Crippen LogP contribution is 2.25. The van der Waals surface area contributed by atoms with Gasteiger partial charge in [-0.3, -0.25) is 4.79 Å². The quantitative estimate of drug-likeness (QED) is 0.136. The Hall–Kier alpha value is -4.40. The zero-order valence-electron chi connectivity index (χ0n) is 15.5. The maximum atomic E-state index is 13.0. The smallest absolute Gasteiger partial charge is 0.255 e. The fourth-order valence-electron chi connectivity index (χ4n) is 2.97. The van der Waals surface area contributed by atoms with Crippen LogP contribution < -0.4 is 11.1 Å². The van der Waals surface area contributed by atoms with Gasteiger partial charge in [0.05, 0.1) is 5.52 Å². The van der Waals surface area contributed by atoms with Gasteiger partial charge in [0.2, 0.25) is 0 Å². The lowest BCUT2D eigenvalue weighted by Gasteiger charge is -2.07. The summed E-state index contributed by atoms with van der Waals surface area (Å²) in [6, 6.07) is 16.8. The van der Waals surface area contributed by atoms with E-state index in [2.05, 4.69) is 15.5 Å². The van der Waals surface area contributed by atoms with E-state index >= 15 is 0 Å². The summed E-state index contributed by atoms with van der Waals surface area (Å²) in [5.74, 6) is -0.576. The van der Waals surface area contributed by atoms with Crippen LogP contribution in [0.25, 0.3) is 22.4 Å². The number of carbonyl (C=O) groups is 1. The first-order chi connectivity index (χ1) is 14.5. The molecule has 0 unspecified atom stereocenters. The van der Waals surface area contributed by atoms with Crippen molar-refractivity contribution in [3.8, 4) is 11.4 Å². The Bertz CT molecular complexity index is 1260. The number of amides is 1. The molecule has 0 aliphatic carbocycles. The summed E-state index contributed by atoms with van der Waals surface area (Å²) < 4.78 is 13.9. The van der Waals surface area contributed by atoms with Crippen LogP contribution in [0, 0.1) is 5.82 Å². The number of oxime groups is 1. The Morgan fingerprint density at radius 1 is 1.03 bits per heavy atom. The Kier molecular flexibility index (Phi) is 4.77. The minimum atomic E-state index is -0.416. The molecule has 9 heteroatoms. The number of hydrogen-bond acceptors (Lipinski definition) is 5. The van der Waals surface area contributed by atoms with Crippen LogP contribution in [0.5, 0.6) is 0 Å². The van der Waals surface area contributed by atoms with E-state index < -0.39 is 5.82 Å². The number of benzene rings is 3. The molecule has 1 amide bonds. The molecule has 150 valence electrons. The maximum Gasteiger partial charge on any atom is 0.255 e. The van der Waals surface area contributed by atoms with Gasteiger partial charge >= 0.3 is 0 Å². The normalized spacial score (nSPS) is 11.6. The van der Waals surface area contributed by atoms with Gasteiger partial charge < -0.3 is 21.5 Å². The van der Waals surface area contributed by atoms with Crippen LogP contribution in [0.3, 0.4) is 0 Å². The molecular weight excluding hydrogens is 389 g/mol. The molecule has 0 aliphatic rings. The molecule has 4 rings (SSSR count). The summed E-state index contributed by atoms with van der Waals surface area (Å²) in [5, 5.41) is 25.0. The van der Waals surface area contributed by atoms with E-state index in [-0.39, 0.29) is 17.6 Å². The third-order valence-electron chi connectivity index (χ3n) is 4.54. The third kappa shape index (κ3) is 3.51. The lowest BCUT2D eigenvalue weighted by molar-refractivity contribution is 0.102. The number of aromatic nitrogens is 2. The monoisotopic (exact) mass is 405 g/mol. The second kappa shape index (κ2) is 7.55. The number of amidine groups is 1. The van der Waals surface area contributed by atoms with Gasteiger partial charge in [0.25, 0.3) is 5.91 Å².